The van der Waals surface area contributed by atoms with E-state index in [-0.39, 0.29) is 11.8 Å². The molecular formula is C24H27BrF3N3O4. The molecule has 0 aliphatic carbocycles. The Labute approximate surface area is 210 Å². The monoisotopic (exact) mass is 557 g/mol. The summed E-state index contributed by atoms with van der Waals surface area (Å²) in [6.07, 6.45) is -4.74. The first-order valence-corrected chi connectivity index (χ1v) is 11.7. The van der Waals surface area contributed by atoms with Crippen LogP contribution < -0.4 is 5.32 Å². The number of hydrogen-bond donors (Lipinski definition) is 2. The van der Waals surface area contributed by atoms with Crippen LogP contribution in [0.5, 0.6) is 0 Å². The number of carboxylic acids is 1. The number of carboxylic acid groups (broad SMARTS) is 1. The highest BCUT2D eigenvalue weighted by molar-refractivity contribution is 9.10. The van der Waals surface area contributed by atoms with Crippen molar-refractivity contribution in [1.82, 2.24) is 15.1 Å². The number of rotatable bonds is 6. The zero-order valence-electron chi connectivity index (χ0n) is 19.1. The molecule has 1 aliphatic rings. The number of piperazine rings is 1. The Morgan fingerprint density at radius 1 is 1.09 bits per heavy atom. The first-order chi connectivity index (χ1) is 16.5. The third-order valence-corrected chi connectivity index (χ3v) is 5.65. The van der Waals surface area contributed by atoms with Gasteiger partial charge in [-0.25, -0.2) is 4.79 Å². The predicted octanol–water partition coefficient (Wildman–Crippen LogP) is 3.86. The minimum atomic E-state index is -5.08. The molecule has 1 fully saturated rings. The summed E-state index contributed by atoms with van der Waals surface area (Å²) in [6, 6.07) is 15.5. The van der Waals surface area contributed by atoms with Gasteiger partial charge in [0.1, 0.15) is 0 Å². The standard InChI is InChI=1S/C22H26BrN3O2.C2HF3O2/c1-17-5-7-18(8-6-17)16-26(22(28)19-3-2-4-20(23)15-19)12-9-21(27)25-13-10-24-11-14-25;3-2(4,5)1(6)7/h2-8,15,24H,9-14,16H2,1H3;(H,6,7). The number of halogens is 4. The lowest BCUT2D eigenvalue weighted by atomic mass is 10.1. The Kier molecular flexibility index (Phi) is 10.7. The molecule has 11 heteroatoms. The van der Waals surface area contributed by atoms with Crippen molar-refractivity contribution in [3.63, 3.8) is 0 Å². The van der Waals surface area contributed by atoms with E-state index in [9.17, 15) is 22.8 Å². The normalized spacial score (nSPS) is 13.5. The second-order valence-corrected chi connectivity index (χ2v) is 8.82. The topological polar surface area (TPSA) is 90.0 Å². The summed E-state index contributed by atoms with van der Waals surface area (Å²) in [7, 11) is 0. The largest absolute Gasteiger partial charge is 0.490 e. The molecule has 2 aromatic carbocycles. The van der Waals surface area contributed by atoms with Gasteiger partial charge in [-0.3, -0.25) is 9.59 Å². The molecule has 1 heterocycles. The molecule has 2 N–H and O–H groups in total. The van der Waals surface area contributed by atoms with Gasteiger partial charge in [0.2, 0.25) is 5.91 Å². The van der Waals surface area contributed by atoms with E-state index in [0.29, 0.717) is 25.1 Å². The van der Waals surface area contributed by atoms with Gasteiger partial charge in [0, 0.05) is 55.7 Å². The minimum Gasteiger partial charge on any atom is -0.475 e. The highest BCUT2D eigenvalue weighted by Crippen LogP contribution is 2.16. The highest BCUT2D eigenvalue weighted by Gasteiger charge is 2.38. The Balaban J connectivity index is 0.000000540. The van der Waals surface area contributed by atoms with Gasteiger partial charge in [-0.1, -0.05) is 51.8 Å². The van der Waals surface area contributed by atoms with E-state index in [1.807, 2.05) is 60.4 Å². The van der Waals surface area contributed by atoms with Gasteiger partial charge < -0.3 is 20.2 Å². The maximum atomic E-state index is 13.1. The van der Waals surface area contributed by atoms with E-state index in [1.54, 1.807) is 4.90 Å². The van der Waals surface area contributed by atoms with E-state index < -0.39 is 12.1 Å². The number of benzene rings is 2. The van der Waals surface area contributed by atoms with Crippen LogP contribution in [-0.2, 0) is 16.1 Å². The Bertz CT molecular complexity index is 1010. The van der Waals surface area contributed by atoms with Gasteiger partial charge >= 0.3 is 12.1 Å². The Hall–Kier alpha value is -2.92. The van der Waals surface area contributed by atoms with E-state index in [1.165, 1.54) is 5.56 Å². The van der Waals surface area contributed by atoms with Gasteiger partial charge in [0.15, 0.2) is 0 Å². The summed E-state index contributed by atoms with van der Waals surface area (Å²) in [4.78, 5) is 38.2. The smallest absolute Gasteiger partial charge is 0.475 e. The fraction of sp³-hybridized carbons (Fsp3) is 0.375. The number of nitrogens with zero attached hydrogens (tertiary/aromatic N) is 2. The van der Waals surface area contributed by atoms with Crippen LogP contribution in [0.3, 0.4) is 0 Å². The van der Waals surface area contributed by atoms with Crippen molar-refractivity contribution in [2.45, 2.75) is 26.1 Å². The second-order valence-electron chi connectivity index (χ2n) is 7.91. The van der Waals surface area contributed by atoms with Crippen LogP contribution in [0.15, 0.2) is 53.0 Å². The van der Waals surface area contributed by atoms with Crippen LogP contribution in [0.25, 0.3) is 0 Å². The molecule has 7 nitrogen and oxygen atoms in total. The van der Waals surface area contributed by atoms with Crippen molar-refractivity contribution in [3.8, 4) is 0 Å². The van der Waals surface area contributed by atoms with Gasteiger partial charge in [-0.15, -0.1) is 0 Å². The van der Waals surface area contributed by atoms with Crippen molar-refractivity contribution >= 4 is 33.7 Å². The quantitative estimate of drug-likeness (QED) is 0.563. The van der Waals surface area contributed by atoms with E-state index in [4.69, 9.17) is 9.90 Å². The molecule has 1 saturated heterocycles. The Morgan fingerprint density at radius 2 is 1.69 bits per heavy atom. The minimum absolute atomic E-state index is 0.0602. The number of aryl methyl sites for hydroxylation is 1. The second kappa shape index (κ2) is 13.2. The average molecular weight is 558 g/mol. The summed E-state index contributed by atoms with van der Waals surface area (Å²) in [5.74, 6) is -2.71. The molecule has 0 spiro atoms. The molecule has 0 radical (unpaired) electrons. The van der Waals surface area contributed by atoms with Crippen LogP contribution in [0.4, 0.5) is 13.2 Å². The van der Waals surface area contributed by atoms with Gasteiger partial charge in [0.05, 0.1) is 0 Å². The van der Waals surface area contributed by atoms with E-state index in [2.05, 4.69) is 21.2 Å². The van der Waals surface area contributed by atoms with Crippen molar-refractivity contribution < 1.29 is 32.7 Å². The maximum absolute atomic E-state index is 13.1. The van der Waals surface area contributed by atoms with Crippen molar-refractivity contribution in [3.05, 3.63) is 69.7 Å². The summed E-state index contributed by atoms with van der Waals surface area (Å²) >= 11 is 3.43. The van der Waals surface area contributed by atoms with Crippen LogP contribution in [0, 0.1) is 6.92 Å². The number of nitrogens with one attached hydrogen (secondary N) is 1. The van der Waals surface area contributed by atoms with Gasteiger partial charge in [-0.2, -0.15) is 13.2 Å². The van der Waals surface area contributed by atoms with E-state index >= 15 is 0 Å². The molecule has 0 unspecified atom stereocenters. The predicted molar refractivity (Wildman–Crippen MR) is 128 cm³/mol. The van der Waals surface area contributed by atoms with Crippen LogP contribution in [-0.4, -0.2) is 71.6 Å². The zero-order valence-corrected chi connectivity index (χ0v) is 20.7. The molecule has 35 heavy (non-hydrogen) atoms. The number of amides is 2. The van der Waals surface area contributed by atoms with Crippen LogP contribution in [0.1, 0.15) is 27.9 Å². The van der Waals surface area contributed by atoms with Gasteiger partial charge in [-0.05, 0) is 30.7 Å². The highest BCUT2D eigenvalue weighted by atomic mass is 79.9. The Morgan fingerprint density at radius 3 is 2.23 bits per heavy atom. The molecule has 0 aromatic heterocycles. The third kappa shape index (κ3) is 9.69. The summed E-state index contributed by atoms with van der Waals surface area (Å²) in [5, 5.41) is 10.4. The zero-order chi connectivity index (χ0) is 26.0. The molecule has 0 saturated carbocycles. The van der Waals surface area contributed by atoms with Crippen molar-refractivity contribution in [1.29, 1.82) is 0 Å². The number of aliphatic carboxylic acids is 1. The van der Waals surface area contributed by atoms with E-state index in [0.717, 1.165) is 36.2 Å². The SMILES string of the molecule is Cc1ccc(CN(CCC(=O)N2CCNCC2)C(=O)c2cccc(Br)c2)cc1.O=C(O)C(F)(F)F. The number of hydrogen-bond acceptors (Lipinski definition) is 4. The van der Waals surface area contributed by atoms with Gasteiger partial charge in [0.25, 0.3) is 5.91 Å². The van der Waals surface area contributed by atoms with Crippen molar-refractivity contribution in [2.75, 3.05) is 32.7 Å². The van der Waals surface area contributed by atoms with Crippen LogP contribution >= 0.6 is 15.9 Å². The molecule has 3 rings (SSSR count). The summed E-state index contributed by atoms with van der Waals surface area (Å²) in [5.41, 5.74) is 2.86. The first kappa shape index (κ1) is 28.3. The molecule has 0 atom stereocenters. The average Bonchev–Trinajstić information content (AvgIpc) is 2.82. The fourth-order valence-corrected chi connectivity index (χ4v) is 3.67. The molecule has 2 aromatic rings. The number of carbonyl (C=O) groups is 3. The van der Waals surface area contributed by atoms with Crippen molar-refractivity contribution in [2.24, 2.45) is 0 Å². The maximum Gasteiger partial charge on any atom is 0.490 e. The fourth-order valence-electron chi connectivity index (χ4n) is 3.27. The molecule has 0 bridgehead atoms. The lowest BCUT2D eigenvalue weighted by molar-refractivity contribution is -0.192. The number of alkyl halides is 3. The van der Waals surface area contributed by atoms with Crippen LogP contribution in [0.2, 0.25) is 0 Å². The molecule has 2 amide bonds. The molecular weight excluding hydrogens is 531 g/mol. The molecule has 190 valence electrons. The summed E-state index contributed by atoms with van der Waals surface area (Å²) < 4.78 is 32.6. The summed E-state index contributed by atoms with van der Waals surface area (Å²) in [6.45, 7) is 6.06. The third-order valence-electron chi connectivity index (χ3n) is 5.16. The lowest BCUT2D eigenvalue weighted by Crippen LogP contribution is -2.47. The first-order valence-electron chi connectivity index (χ1n) is 10.9. The molecule has 1 aliphatic heterocycles. The lowest BCUT2D eigenvalue weighted by Gasteiger charge is -2.29. The number of carbonyl (C=O) groups excluding carboxylic acids is 2.